The number of pyridine rings is 1. The summed E-state index contributed by atoms with van der Waals surface area (Å²) in [5, 5.41) is 25.8. The number of H-pyrrole nitrogens is 1. The number of benzene rings is 2. The second-order valence-corrected chi connectivity index (χ2v) is 6.37. The second-order valence-electron chi connectivity index (χ2n) is 6.37. The molecule has 0 amide bonds. The molecule has 5 rings (SSSR count). The maximum atomic E-state index is 12.5. The van der Waals surface area contributed by atoms with Gasteiger partial charge in [0.15, 0.2) is 5.84 Å². The van der Waals surface area contributed by atoms with Crippen molar-refractivity contribution in [2.45, 2.75) is 0 Å². The van der Waals surface area contributed by atoms with Crippen molar-refractivity contribution in [3.05, 3.63) is 92.9 Å². The molecule has 0 radical (unpaired) electrons. The van der Waals surface area contributed by atoms with Crippen LogP contribution in [0.15, 0.2) is 75.0 Å². The van der Waals surface area contributed by atoms with Crippen LogP contribution < -0.4 is 21.1 Å². The summed E-state index contributed by atoms with van der Waals surface area (Å²) in [6.07, 6.45) is 1.57. The monoisotopic (exact) mass is 370 g/mol. The zero-order valence-corrected chi connectivity index (χ0v) is 14.5. The fourth-order valence-corrected chi connectivity index (χ4v) is 3.28. The molecular formula is C21H14N4O3. The Hall–Kier alpha value is -4.13. The van der Waals surface area contributed by atoms with E-state index in [-0.39, 0.29) is 27.9 Å². The van der Waals surface area contributed by atoms with Crippen LogP contribution in [0.4, 0.5) is 5.69 Å². The molecule has 4 aromatic rings. The molecule has 1 aliphatic heterocycles. The van der Waals surface area contributed by atoms with Crippen LogP contribution in [0.2, 0.25) is 0 Å². The van der Waals surface area contributed by atoms with Crippen LogP contribution in [0.25, 0.3) is 17.0 Å². The Morgan fingerprint density at radius 2 is 1.86 bits per heavy atom. The predicted octanol–water partition coefficient (Wildman–Crippen LogP) is 2.04. The van der Waals surface area contributed by atoms with Gasteiger partial charge in [-0.25, -0.2) is 5.01 Å². The van der Waals surface area contributed by atoms with Gasteiger partial charge in [0.2, 0.25) is 5.88 Å². The van der Waals surface area contributed by atoms with E-state index in [4.69, 9.17) is 9.83 Å². The van der Waals surface area contributed by atoms with Crippen LogP contribution in [-0.4, -0.2) is 15.9 Å². The first-order valence-corrected chi connectivity index (χ1v) is 8.60. The summed E-state index contributed by atoms with van der Waals surface area (Å²) in [4.78, 5) is 14.9. The van der Waals surface area contributed by atoms with Crippen molar-refractivity contribution in [3.8, 4) is 5.88 Å². The highest BCUT2D eigenvalue weighted by Crippen LogP contribution is 2.22. The summed E-state index contributed by atoms with van der Waals surface area (Å²) in [7, 11) is 0. The number of para-hydroxylation sites is 2. The highest BCUT2D eigenvalue weighted by molar-refractivity contribution is 6.10. The van der Waals surface area contributed by atoms with E-state index in [2.05, 4.69) is 10.1 Å². The topological polar surface area (TPSA) is 106 Å². The lowest BCUT2D eigenvalue weighted by atomic mass is 10.2. The lowest BCUT2D eigenvalue weighted by Gasteiger charge is -2.13. The molecule has 0 saturated heterocycles. The maximum absolute atomic E-state index is 12.5. The van der Waals surface area contributed by atoms with Crippen molar-refractivity contribution in [2.24, 2.45) is 5.10 Å². The van der Waals surface area contributed by atoms with E-state index in [9.17, 15) is 9.90 Å². The van der Waals surface area contributed by atoms with E-state index >= 15 is 0 Å². The number of fused-ring (bicyclic) bond motifs is 2. The summed E-state index contributed by atoms with van der Waals surface area (Å²) in [5.74, 6) is 0.0858. The number of nitrogens with zero attached hydrogens (tertiary/aromatic N) is 2. The van der Waals surface area contributed by atoms with E-state index in [0.29, 0.717) is 17.0 Å². The fourth-order valence-electron chi connectivity index (χ4n) is 3.28. The van der Waals surface area contributed by atoms with Crippen molar-refractivity contribution >= 4 is 28.6 Å². The molecule has 0 unspecified atom stereocenters. The second kappa shape index (κ2) is 5.95. The molecular weight excluding hydrogens is 356 g/mol. The zero-order chi connectivity index (χ0) is 19.3. The average molecular weight is 370 g/mol. The number of anilines is 1. The minimum Gasteiger partial charge on any atom is -0.494 e. The molecule has 28 heavy (non-hydrogen) atoms. The zero-order valence-electron chi connectivity index (χ0n) is 14.5. The Balaban J connectivity index is 1.77. The van der Waals surface area contributed by atoms with Crippen LogP contribution in [0, 0.1) is 5.41 Å². The molecule has 0 aliphatic carbocycles. The van der Waals surface area contributed by atoms with E-state index in [0.717, 1.165) is 5.39 Å². The third-order valence-electron chi connectivity index (χ3n) is 4.59. The lowest BCUT2D eigenvalue weighted by Crippen LogP contribution is -2.42. The van der Waals surface area contributed by atoms with Crippen molar-refractivity contribution in [3.63, 3.8) is 0 Å². The molecule has 0 saturated carbocycles. The van der Waals surface area contributed by atoms with Gasteiger partial charge in [-0.3, -0.25) is 15.2 Å². The molecule has 1 aliphatic rings. The SMILES string of the molecule is N=C1c2c(O)[nH]c(=O)c(=Cc3cc4ccccc4o3)c2=NN1c1ccccc1. The van der Waals surface area contributed by atoms with E-state index < -0.39 is 5.56 Å². The van der Waals surface area contributed by atoms with Crippen molar-refractivity contribution in [1.29, 1.82) is 5.41 Å². The van der Waals surface area contributed by atoms with Gasteiger partial charge in [-0.15, -0.1) is 0 Å². The smallest absolute Gasteiger partial charge is 0.260 e. The quantitative estimate of drug-likeness (QED) is 0.502. The molecule has 2 aromatic carbocycles. The van der Waals surface area contributed by atoms with Gasteiger partial charge < -0.3 is 9.52 Å². The summed E-state index contributed by atoms with van der Waals surface area (Å²) in [6, 6.07) is 18.5. The highest BCUT2D eigenvalue weighted by Gasteiger charge is 2.26. The Kier molecular flexibility index (Phi) is 3.42. The molecule has 7 nitrogen and oxygen atoms in total. The molecule has 2 aromatic heterocycles. The van der Waals surface area contributed by atoms with Crippen LogP contribution in [-0.2, 0) is 0 Å². The summed E-state index contributed by atoms with van der Waals surface area (Å²) < 4.78 is 5.78. The largest absolute Gasteiger partial charge is 0.494 e. The Morgan fingerprint density at radius 1 is 1.11 bits per heavy atom. The number of aromatic nitrogens is 1. The molecule has 136 valence electrons. The third kappa shape index (κ3) is 2.41. The maximum Gasteiger partial charge on any atom is 0.260 e. The first kappa shape index (κ1) is 16.1. The normalized spacial score (nSPS) is 13.8. The number of hydrogen-bond donors (Lipinski definition) is 3. The number of aromatic hydroxyl groups is 1. The molecule has 0 atom stereocenters. The Morgan fingerprint density at radius 3 is 2.64 bits per heavy atom. The molecule has 3 N–H and O–H groups in total. The molecule has 7 heteroatoms. The highest BCUT2D eigenvalue weighted by atomic mass is 16.3. The minimum absolute atomic E-state index is 0.0193. The van der Waals surface area contributed by atoms with Gasteiger partial charge in [0, 0.05) is 5.39 Å². The fraction of sp³-hybridized carbons (Fsp3) is 0. The van der Waals surface area contributed by atoms with E-state index in [1.165, 1.54) is 5.01 Å². The van der Waals surface area contributed by atoms with E-state index in [1.54, 1.807) is 18.2 Å². The van der Waals surface area contributed by atoms with E-state index in [1.807, 2.05) is 48.5 Å². The minimum atomic E-state index is -0.511. The number of amidine groups is 1. The van der Waals surface area contributed by atoms with Gasteiger partial charge in [0.1, 0.15) is 22.3 Å². The number of aromatic amines is 1. The van der Waals surface area contributed by atoms with Gasteiger partial charge in [-0.2, -0.15) is 5.10 Å². The number of furan rings is 1. The molecule has 0 bridgehead atoms. The van der Waals surface area contributed by atoms with Crippen LogP contribution in [0.5, 0.6) is 5.88 Å². The van der Waals surface area contributed by atoms with Gasteiger partial charge in [0.05, 0.1) is 10.9 Å². The Bertz CT molecular complexity index is 1380. The molecule has 0 spiro atoms. The number of rotatable bonds is 2. The lowest BCUT2D eigenvalue weighted by molar-refractivity contribution is 0.449. The average Bonchev–Trinajstić information content (AvgIpc) is 3.26. The summed E-state index contributed by atoms with van der Waals surface area (Å²) in [5.41, 5.74) is 1.02. The summed E-state index contributed by atoms with van der Waals surface area (Å²) in [6.45, 7) is 0. The summed E-state index contributed by atoms with van der Waals surface area (Å²) >= 11 is 0. The number of nitrogens with one attached hydrogen (secondary N) is 2. The predicted molar refractivity (Wildman–Crippen MR) is 105 cm³/mol. The van der Waals surface area contributed by atoms with Gasteiger partial charge >= 0.3 is 0 Å². The van der Waals surface area contributed by atoms with Crippen LogP contribution in [0.3, 0.4) is 0 Å². The van der Waals surface area contributed by atoms with Gasteiger partial charge in [-0.1, -0.05) is 36.4 Å². The Labute approximate surface area is 158 Å². The number of hydrogen-bond acceptors (Lipinski definition) is 5. The van der Waals surface area contributed by atoms with Crippen molar-refractivity contribution in [2.75, 3.05) is 5.01 Å². The van der Waals surface area contributed by atoms with Gasteiger partial charge in [0.25, 0.3) is 5.56 Å². The first-order valence-electron chi connectivity index (χ1n) is 8.60. The van der Waals surface area contributed by atoms with Crippen LogP contribution >= 0.6 is 0 Å². The van der Waals surface area contributed by atoms with Crippen molar-refractivity contribution in [1.82, 2.24) is 4.98 Å². The molecule has 0 fully saturated rings. The van der Waals surface area contributed by atoms with Crippen molar-refractivity contribution < 1.29 is 9.52 Å². The standard InChI is InChI=1S/C21H14N4O3/c22-19-17-18(24-25(19)13-7-2-1-3-8-13)15(20(26)23-21(17)27)11-14-10-12-6-4-5-9-16(12)28-14/h1-11,22,27H,(H,23,26). The third-order valence-corrected chi connectivity index (χ3v) is 4.59. The van der Waals surface area contributed by atoms with Crippen LogP contribution in [0.1, 0.15) is 11.3 Å². The first-order chi connectivity index (χ1) is 13.6. The molecule has 3 heterocycles. The van der Waals surface area contributed by atoms with Gasteiger partial charge in [-0.05, 0) is 30.3 Å².